The molecule has 166 valence electrons. The summed E-state index contributed by atoms with van der Waals surface area (Å²) in [5.74, 6) is 0.106. The Morgan fingerprint density at radius 3 is 2.88 bits per heavy atom. The van der Waals surface area contributed by atoms with Gasteiger partial charge in [0.2, 0.25) is 5.89 Å². The molecule has 1 aliphatic carbocycles. The summed E-state index contributed by atoms with van der Waals surface area (Å²) >= 11 is 0. The molecule has 0 saturated carbocycles. The molecule has 3 heterocycles. The van der Waals surface area contributed by atoms with Gasteiger partial charge in [0, 0.05) is 43.7 Å². The second-order valence-electron chi connectivity index (χ2n) is 7.51. The van der Waals surface area contributed by atoms with E-state index < -0.39 is 12.1 Å². The van der Waals surface area contributed by atoms with Gasteiger partial charge in [-0.3, -0.25) is 4.79 Å². The summed E-state index contributed by atoms with van der Waals surface area (Å²) in [6.45, 7) is 1.02. The fourth-order valence-electron chi connectivity index (χ4n) is 3.61. The minimum atomic E-state index is -0.826. The van der Waals surface area contributed by atoms with Crippen molar-refractivity contribution in [2.75, 3.05) is 25.9 Å². The summed E-state index contributed by atoms with van der Waals surface area (Å²) in [5, 5.41) is 14.1. The van der Waals surface area contributed by atoms with Gasteiger partial charge in [-0.25, -0.2) is 14.4 Å². The largest absolute Gasteiger partial charge is 0.444 e. The number of carbonyl (C=O) groups excluding carboxylic acids is 1. The number of nitrogens with zero attached hydrogens (tertiary/aromatic N) is 3. The average Bonchev–Trinajstić information content (AvgIpc) is 3.27. The molecule has 4 rings (SSSR count). The molecule has 32 heavy (non-hydrogen) atoms. The normalized spacial score (nSPS) is 18.4. The van der Waals surface area contributed by atoms with Gasteiger partial charge in [0.1, 0.15) is 18.3 Å². The Bertz CT molecular complexity index is 1130. The van der Waals surface area contributed by atoms with Crippen LogP contribution < -0.4 is 16.4 Å². The van der Waals surface area contributed by atoms with E-state index in [9.17, 15) is 9.18 Å². The monoisotopic (exact) mass is 437 g/mol. The van der Waals surface area contributed by atoms with Crippen LogP contribution in [-0.4, -0.2) is 52.8 Å². The van der Waals surface area contributed by atoms with Crippen molar-refractivity contribution in [2.45, 2.75) is 19.0 Å². The van der Waals surface area contributed by atoms with Crippen LogP contribution in [0, 0.1) is 5.41 Å². The lowest BCUT2D eigenvalue weighted by Gasteiger charge is -2.35. The first kappa shape index (κ1) is 21.3. The van der Waals surface area contributed by atoms with Gasteiger partial charge in [-0.2, -0.15) is 0 Å². The number of pyridine rings is 1. The van der Waals surface area contributed by atoms with E-state index in [2.05, 4.69) is 20.6 Å². The summed E-state index contributed by atoms with van der Waals surface area (Å²) in [4.78, 5) is 23.1. The number of amides is 1. The van der Waals surface area contributed by atoms with E-state index in [4.69, 9.17) is 15.6 Å². The SMILES string of the molecule is CN/C=C1/C=C(NC(=O)c2coc(-c3ccnc(N)c3)n2)C(N2CCC(F)CC2)=CC1=N. The molecule has 0 unspecified atom stereocenters. The van der Waals surface area contributed by atoms with E-state index in [1.54, 1.807) is 37.5 Å². The van der Waals surface area contributed by atoms with Crippen LogP contribution in [0.3, 0.4) is 0 Å². The van der Waals surface area contributed by atoms with Crippen LogP contribution in [-0.2, 0) is 0 Å². The number of halogens is 1. The Labute approximate surface area is 184 Å². The molecule has 0 atom stereocenters. The van der Waals surface area contributed by atoms with E-state index in [1.807, 2.05) is 4.90 Å². The predicted octanol–water partition coefficient (Wildman–Crippen LogP) is 2.39. The van der Waals surface area contributed by atoms with Gasteiger partial charge in [0.25, 0.3) is 5.91 Å². The highest BCUT2D eigenvalue weighted by atomic mass is 19.1. The van der Waals surface area contributed by atoms with Crippen LogP contribution in [0.4, 0.5) is 10.2 Å². The quantitative estimate of drug-likeness (QED) is 0.564. The lowest BCUT2D eigenvalue weighted by Crippen LogP contribution is -2.39. The van der Waals surface area contributed by atoms with Crippen molar-refractivity contribution >= 4 is 17.4 Å². The number of nitrogen functional groups attached to an aromatic ring is 1. The third-order valence-electron chi connectivity index (χ3n) is 5.25. The van der Waals surface area contributed by atoms with Crippen LogP contribution in [0.15, 0.2) is 64.3 Å². The summed E-state index contributed by atoms with van der Waals surface area (Å²) in [6, 6.07) is 3.29. The number of hydrogen-bond donors (Lipinski definition) is 4. The number of piperidine rings is 1. The van der Waals surface area contributed by atoms with Crippen molar-refractivity contribution in [1.29, 1.82) is 5.41 Å². The maximum atomic E-state index is 13.6. The molecule has 1 saturated heterocycles. The highest BCUT2D eigenvalue weighted by Crippen LogP contribution is 2.26. The Morgan fingerprint density at radius 2 is 2.16 bits per heavy atom. The molecule has 5 N–H and O–H groups in total. The first-order valence-corrected chi connectivity index (χ1v) is 10.2. The number of likely N-dealkylation sites (tertiary alicyclic amines) is 1. The Balaban J connectivity index is 1.58. The Hall–Kier alpha value is -3.95. The topological polar surface area (TPSA) is 133 Å². The van der Waals surface area contributed by atoms with Crippen molar-refractivity contribution in [1.82, 2.24) is 25.5 Å². The number of oxazole rings is 1. The fraction of sp³-hybridized carbons (Fsp3) is 0.273. The first-order valence-electron chi connectivity index (χ1n) is 10.2. The third kappa shape index (κ3) is 4.53. The number of rotatable bonds is 5. The molecule has 10 heteroatoms. The zero-order valence-corrected chi connectivity index (χ0v) is 17.6. The molecular formula is C22H24FN7O2. The van der Waals surface area contributed by atoms with Crippen LogP contribution in [0.25, 0.3) is 11.5 Å². The molecule has 2 aromatic heterocycles. The van der Waals surface area contributed by atoms with E-state index in [1.165, 1.54) is 12.5 Å². The molecule has 1 fully saturated rings. The van der Waals surface area contributed by atoms with E-state index in [0.29, 0.717) is 60.0 Å². The lowest BCUT2D eigenvalue weighted by molar-refractivity contribution is 0.0958. The predicted molar refractivity (Wildman–Crippen MR) is 118 cm³/mol. The smallest absolute Gasteiger partial charge is 0.277 e. The molecule has 9 nitrogen and oxygen atoms in total. The number of carbonyl (C=O) groups is 1. The van der Waals surface area contributed by atoms with Gasteiger partial charge in [0.05, 0.1) is 17.1 Å². The Morgan fingerprint density at radius 1 is 1.38 bits per heavy atom. The highest BCUT2D eigenvalue weighted by molar-refractivity contribution is 6.10. The number of hydrogen-bond acceptors (Lipinski definition) is 8. The molecule has 1 amide bonds. The lowest BCUT2D eigenvalue weighted by atomic mass is 9.99. The second kappa shape index (κ2) is 9.04. The van der Waals surface area contributed by atoms with Crippen molar-refractivity contribution in [3.8, 4) is 11.5 Å². The van der Waals surface area contributed by atoms with Crippen LogP contribution in [0.2, 0.25) is 0 Å². The van der Waals surface area contributed by atoms with Crippen LogP contribution in [0.5, 0.6) is 0 Å². The van der Waals surface area contributed by atoms with Gasteiger partial charge in [-0.05, 0) is 37.1 Å². The minimum absolute atomic E-state index is 0.0953. The number of nitrogens with two attached hydrogens (primary N) is 1. The fourth-order valence-corrected chi connectivity index (χ4v) is 3.61. The highest BCUT2D eigenvalue weighted by Gasteiger charge is 2.27. The summed E-state index contributed by atoms with van der Waals surface area (Å²) in [5.41, 5.74) is 8.51. The maximum Gasteiger partial charge on any atom is 0.277 e. The van der Waals surface area contributed by atoms with Gasteiger partial charge in [-0.1, -0.05) is 0 Å². The van der Waals surface area contributed by atoms with Crippen molar-refractivity contribution in [3.63, 3.8) is 0 Å². The van der Waals surface area contributed by atoms with Crippen LogP contribution in [0.1, 0.15) is 23.3 Å². The number of aromatic nitrogens is 2. The number of allylic oxidation sites excluding steroid dienone is 3. The van der Waals surface area contributed by atoms with E-state index in [-0.39, 0.29) is 11.6 Å². The number of alkyl halides is 1. The standard InChI is InChI=1S/C22H24FN7O2/c1-26-11-14-8-17(19(10-16(14)24)30-6-3-15(23)4-7-30)28-21(31)18-12-32-22(29-18)13-2-5-27-20(25)9-13/h2,5,8-12,15,24,26H,3-4,6-7H2,1H3,(H2,25,27)(H,28,31)/b14-11-,24-16?. The number of anilines is 1. The molecule has 2 aromatic rings. The zero-order chi connectivity index (χ0) is 22.7. The van der Waals surface area contributed by atoms with Gasteiger partial charge in [0.15, 0.2) is 5.69 Å². The first-order chi connectivity index (χ1) is 15.4. The summed E-state index contributed by atoms with van der Waals surface area (Å²) in [7, 11) is 1.74. The Kier molecular flexibility index (Phi) is 6.02. The molecule has 0 aromatic carbocycles. The molecule has 0 bridgehead atoms. The molecule has 0 radical (unpaired) electrons. The van der Waals surface area contributed by atoms with E-state index >= 15 is 0 Å². The van der Waals surface area contributed by atoms with Gasteiger partial charge < -0.3 is 31.1 Å². The van der Waals surface area contributed by atoms with Gasteiger partial charge in [-0.15, -0.1) is 0 Å². The minimum Gasteiger partial charge on any atom is -0.444 e. The second-order valence-corrected chi connectivity index (χ2v) is 7.51. The number of nitrogens with one attached hydrogen (secondary N) is 3. The maximum absolute atomic E-state index is 13.6. The molecule has 1 aliphatic heterocycles. The average molecular weight is 437 g/mol. The molecule has 0 spiro atoms. The van der Waals surface area contributed by atoms with Crippen molar-refractivity contribution < 1.29 is 13.6 Å². The summed E-state index contributed by atoms with van der Waals surface area (Å²) in [6.07, 6.45) is 7.88. The summed E-state index contributed by atoms with van der Waals surface area (Å²) < 4.78 is 19.1. The zero-order valence-electron chi connectivity index (χ0n) is 17.6. The van der Waals surface area contributed by atoms with Crippen molar-refractivity contribution in [2.24, 2.45) is 0 Å². The van der Waals surface area contributed by atoms with E-state index in [0.717, 1.165) is 0 Å². The molecule has 2 aliphatic rings. The van der Waals surface area contributed by atoms with Gasteiger partial charge >= 0.3 is 0 Å². The molecular weight excluding hydrogens is 413 g/mol. The van der Waals surface area contributed by atoms with Crippen molar-refractivity contribution in [3.05, 3.63) is 65.6 Å². The third-order valence-corrected chi connectivity index (χ3v) is 5.25. The van der Waals surface area contributed by atoms with Crippen LogP contribution >= 0.6 is 0 Å².